The van der Waals surface area contributed by atoms with Crippen LogP contribution in [0.3, 0.4) is 0 Å². The van der Waals surface area contributed by atoms with E-state index >= 15 is 0 Å². The van der Waals surface area contributed by atoms with E-state index in [0.717, 1.165) is 16.9 Å². The molecule has 1 aliphatic rings. The van der Waals surface area contributed by atoms with Crippen LogP contribution in [0.4, 0.5) is 11.4 Å². The van der Waals surface area contributed by atoms with Gasteiger partial charge in [-0.25, -0.2) is 4.98 Å². The molecular formula is C21H16N4O3. The van der Waals surface area contributed by atoms with Crippen LogP contribution in [0.25, 0.3) is 0 Å². The molecule has 0 saturated carbocycles. The number of amides is 1. The van der Waals surface area contributed by atoms with Crippen molar-refractivity contribution in [2.45, 2.75) is 6.54 Å². The summed E-state index contributed by atoms with van der Waals surface area (Å²) in [6, 6.07) is 18.2. The van der Waals surface area contributed by atoms with Gasteiger partial charge >= 0.3 is 0 Å². The molecule has 0 fully saturated rings. The fourth-order valence-corrected chi connectivity index (χ4v) is 2.76. The predicted molar refractivity (Wildman–Crippen MR) is 102 cm³/mol. The first-order valence-corrected chi connectivity index (χ1v) is 8.61. The average Bonchev–Trinajstić information content (AvgIpc) is 3.20. The Hall–Kier alpha value is -4.05. The van der Waals surface area contributed by atoms with E-state index in [1.54, 1.807) is 36.5 Å². The lowest BCUT2D eigenvalue weighted by Crippen LogP contribution is -2.23. The number of nitriles is 1. The van der Waals surface area contributed by atoms with Gasteiger partial charge < -0.3 is 20.1 Å². The maximum Gasteiger partial charge on any atom is 0.270 e. The van der Waals surface area contributed by atoms with Crippen LogP contribution in [0.2, 0.25) is 0 Å². The molecule has 0 spiro atoms. The zero-order valence-corrected chi connectivity index (χ0v) is 14.8. The van der Waals surface area contributed by atoms with Crippen LogP contribution in [-0.4, -0.2) is 17.7 Å². The fraction of sp³-hybridized carbons (Fsp3) is 0.0952. The molecule has 4 rings (SSSR count). The van der Waals surface area contributed by atoms with Crippen molar-refractivity contribution in [2.75, 3.05) is 12.1 Å². The van der Waals surface area contributed by atoms with Crippen molar-refractivity contribution in [3.05, 3.63) is 77.6 Å². The lowest BCUT2D eigenvalue weighted by Gasteiger charge is -2.08. The first-order valence-electron chi connectivity index (χ1n) is 8.61. The summed E-state index contributed by atoms with van der Waals surface area (Å²) in [7, 11) is 0. The van der Waals surface area contributed by atoms with Gasteiger partial charge in [-0.1, -0.05) is 12.1 Å². The summed E-state index contributed by atoms with van der Waals surface area (Å²) >= 11 is 0. The second-order valence-corrected chi connectivity index (χ2v) is 6.12. The summed E-state index contributed by atoms with van der Waals surface area (Å²) in [5.41, 5.74) is 3.30. The second-order valence-electron chi connectivity index (χ2n) is 6.12. The number of carbonyl (C=O) groups is 1. The number of anilines is 2. The zero-order chi connectivity index (χ0) is 19.3. The first-order chi connectivity index (χ1) is 13.7. The molecule has 3 aromatic rings. The van der Waals surface area contributed by atoms with Crippen molar-refractivity contribution in [1.29, 1.82) is 5.26 Å². The minimum atomic E-state index is -0.268. The van der Waals surface area contributed by atoms with Gasteiger partial charge in [0.25, 0.3) is 5.91 Å². The molecule has 2 N–H and O–H groups in total. The Morgan fingerprint density at radius 3 is 2.79 bits per heavy atom. The van der Waals surface area contributed by atoms with E-state index in [9.17, 15) is 4.79 Å². The van der Waals surface area contributed by atoms with Gasteiger partial charge in [0.15, 0.2) is 11.5 Å². The lowest BCUT2D eigenvalue weighted by molar-refractivity contribution is 0.0946. The van der Waals surface area contributed by atoms with E-state index in [2.05, 4.69) is 21.7 Å². The van der Waals surface area contributed by atoms with Gasteiger partial charge in [0.1, 0.15) is 5.69 Å². The van der Waals surface area contributed by atoms with Gasteiger partial charge in [-0.15, -0.1) is 0 Å². The number of aromatic nitrogens is 1. The Balaban J connectivity index is 1.36. The first kappa shape index (κ1) is 17.4. The van der Waals surface area contributed by atoms with Crippen LogP contribution < -0.4 is 20.1 Å². The number of fused-ring (bicyclic) bond motifs is 1. The molecule has 28 heavy (non-hydrogen) atoms. The summed E-state index contributed by atoms with van der Waals surface area (Å²) < 4.78 is 10.6. The molecule has 1 aromatic heterocycles. The number of nitrogens with zero attached hydrogens (tertiary/aromatic N) is 2. The number of pyridine rings is 1. The molecule has 0 atom stereocenters. The van der Waals surface area contributed by atoms with Crippen molar-refractivity contribution in [3.63, 3.8) is 0 Å². The number of benzene rings is 2. The fourth-order valence-electron chi connectivity index (χ4n) is 2.76. The zero-order valence-electron chi connectivity index (χ0n) is 14.8. The highest BCUT2D eigenvalue weighted by Gasteiger charge is 2.14. The van der Waals surface area contributed by atoms with Crippen molar-refractivity contribution < 1.29 is 14.3 Å². The normalized spacial score (nSPS) is 11.5. The van der Waals surface area contributed by atoms with Gasteiger partial charge in [-0.2, -0.15) is 5.26 Å². The van der Waals surface area contributed by atoms with Crippen molar-refractivity contribution in [2.24, 2.45) is 0 Å². The third kappa shape index (κ3) is 3.86. The summed E-state index contributed by atoms with van der Waals surface area (Å²) in [6.07, 6.45) is 1.58. The van der Waals surface area contributed by atoms with Crippen LogP contribution in [0.1, 0.15) is 21.6 Å². The van der Waals surface area contributed by atoms with Gasteiger partial charge in [0.2, 0.25) is 6.79 Å². The topological polar surface area (TPSA) is 96.3 Å². The molecule has 2 aromatic carbocycles. The molecule has 0 aliphatic carbocycles. The summed E-state index contributed by atoms with van der Waals surface area (Å²) in [6.45, 7) is 0.578. The number of carbonyl (C=O) groups excluding carboxylic acids is 1. The Kier molecular flexibility index (Phi) is 4.76. The largest absolute Gasteiger partial charge is 0.454 e. The number of hydrogen-bond acceptors (Lipinski definition) is 6. The molecule has 0 saturated heterocycles. The molecule has 0 unspecified atom stereocenters. The molecule has 0 radical (unpaired) electrons. The smallest absolute Gasteiger partial charge is 0.270 e. The number of rotatable bonds is 5. The third-order valence-corrected chi connectivity index (χ3v) is 4.17. The van der Waals surface area contributed by atoms with Crippen LogP contribution in [0.15, 0.2) is 60.8 Å². The maximum atomic E-state index is 12.3. The summed E-state index contributed by atoms with van der Waals surface area (Å²) in [5.74, 6) is 1.12. The van der Waals surface area contributed by atoms with E-state index in [4.69, 9.17) is 14.7 Å². The van der Waals surface area contributed by atoms with Crippen molar-refractivity contribution in [3.8, 4) is 17.6 Å². The third-order valence-electron chi connectivity index (χ3n) is 4.17. The monoisotopic (exact) mass is 372 g/mol. The molecule has 138 valence electrons. The predicted octanol–water partition coefficient (Wildman–Crippen LogP) is 3.36. The lowest BCUT2D eigenvalue weighted by atomic mass is 10.2. The number of ether oxygens (including phenoxy) is 2. The Morgan fingerprint density at radius 2 is 1.96 bits per heavy atom. The minimum Gasteiger partial charge on any atom is -0.454 e. The van der Waals surface area contributed by atoms with Gasteiger partial charge in [-0.05, 0) is 48.0 Å². The van der Waals surface area contributed by atoms with Crippen molar-refractivity contribution >= 4 is 17.3 Å². The van der Waals surface area contributed by atoms with Gasteiger partial charge in [0.05, 0.1) is 23.5 Å². The molecule has 7 nitrogen and oxygen atoms in total. The molecule has 0 bridgehead atoms. The minimum absolute atomic E-state index is 0.219. The second kappa shape index (κ2) is 7.68. The van der Waals surface area contributed by atoms with Gasteiger partial charge in [-0.3, -0.25) is 4.79 Å². The molecule has 1 aliphatic heterocycles. The average molecular weight is 372 g/mol. The summed E-state index contributed by atoms with van der Waals surface area (Å²) in [4.78, 5) is 16.5. The molecule has 2 heterocycles. The molecule has 7 heteroatoms. The van der Waals surface area contributed by atoms with Gasteiger partial charge in [0, 0.05) is 12.2 Å². The van der Waals surface area contributed by atoms with Crippen LogP contribution in [0.5, 0.6) is 11.5 Å². The SMILES string of the molecule is N#Cc1cccc(Nc2ccc(C(=O)NCc3ccc4c(c3)OCO4)nc2)c1. The Bertz CT molecular complexity index is 1060. The molecular weight excluding hydrogens is 356 g/mol. The van der Waals surface area contributed by atoms with Crippen LogP contribution >= 0.6 is 0 Å². The maximum absolute atomic E-state index is 12.3. The van der Waals surface area contributed by atoms with Crippen molar-refractivity contribution in [1.82, 2.24) is 10.3 Å². The summed E-state index contributed by atoms with van der Waals surface area (Å²) in [5, 5.41) is 14.9. The highest BCUT2D eigenvalue weighted by Crippen LogP contribution is 2.32. The van der Waals surface area contributed by atoms with E-state index in [1.807, 2.05) is 24.3 Å². The highest BCUT2D eigenvalue weighted by atomic mass is 16.7. The van der Waals surface area contributed by atoms with E-state index in [0.29, 0.717) is 29.3 Å². The Labute approximate surface area is 161 Å². The van der Waals surface area contributed by atoms with E-state index in [1.165, 1.54) is 0 Å². The van der Waals surface area contributed by atoms with Crippen LogP contribution in [-0.2, 0) is 6.54 Å². The highest BCUT2D eigenvalue weighted by molar-refractivity contribution is 5.92. The standard InChI is InChI=1S/C21H16N4O3/c22-10-14-2-1-3-16(8-14)25-17-5-6-18(23-12-17)21(26)24-11-15-4-7-19-20(9-15)28-13-27-19/h1-9,12,25H,11,13H2,(H,24,26). The number of hydrogen-bond donors (Lipinski definition) is 2. The van der Waals surface area contributed by atoms with E-state index < -0.39 is 0 Å². The quantitative estimate of drug-likeness (QED) is 0.713. The number of nitrogens with one attached hydrogen (secondary N) is 2. The molecule has 1 amide bonds. The van der Waals surface area contributed by atoms with E-state index in [-0.39, 0.29) is 12.7 Å². The Morgan fingerprint density at radius 1 is 1.07 bits per heavy atom. The van der Waals surface area contributed by atoms with Crippen LogP contribution in [0, 0.1) is 11.3 Å².